The number of hydrogen-bond donors (Lipinski definition) is 0. The summed E-state index contributed by atoms with van der Waals surface area (Å²) in [4.78, 5) is 42.8. The third kappa shape index (κ3) is 3.53. The number of hydrogen-bond acceptors (Lipinski definition) is 4. The second-order valence-electron chi connectivity index (χ2n) is 7.42. The van der Waals surface area contributed by atoms with Crippen LogP contribution in [0.15, 0.2) is 47.5 Å². The number of rotatable bonds is 3. The zero-order valence-corrected chi connectivity index (χ0v) is 17.3. The molecule has 0 unspecified atom stereocenters. The first-order valence-corrected chi connectivity index (χ1v) is 10.3. The maximum atomic E-state index is 12.8. The van der Waals surface area contributed by atoms with E-state index in [0.717, 1.165) is 15.1 Å². The smallest absolute Gasteiger partial charge is 0.279 e. The summed E-state index contributed by atoms with van der Waals surface area (Å²) in [7, 11) is 1.89. The Morgan fingerprint density at radius 3 is 2.48 bits per heavy atom. The molecule has 1 aliphatic heterocycles. The normalized spacial score (nSPS) is 15.2. The predicted molar refractivity (Wildman–Crippen MR) is 113 cm³/mol. The minimum absolute atomic E-state index is 0.206. The lowest BCUT2D eigenvalue weighted by Gasteiger charge is -2.14. The maximum Gasteiger partial charge on any atom is 0.279 e. The minimum Gasteiger partial charge on any atom is -0.319 e. The molecule has 0 saturated carbocycles. The van der Waals surface area contributed by atoms with Gasteiger partial charge in [0.25, 0.3) is 5.91 Å². The van der Waals surface area contributed by atoms with E-state index in [9.17, 15) is 14.4 Å². The maximum absolute atomic E-state index is 12.8. The van der Waals surface area contributed by atoms with Crippen molar-refractivity contribution < 1.29 is 14.4 Å². The van der Waals surface area contributed by atoms with Crippen LogP contribution in [0.1, 0.15) is 48.5 Å². The van der Waals surface area contributed by atoms with Gasteiger partial charge >= 0.3 is 0 Å². The Hall–Kier alpha value is -3.06. The molecule has 0 radical (unpaired) electrons. The summed E-state index contributed by atoms with van der Waals surface area (Å²) in [5.41, 5.74) is 3.02. The summed E-state index contributed by atoms with van der Waals surface area (Å²) in [6.07, 6.45) is 0.411. The van der Waals surface area contributed by atoms with E-state index in [1.807, 2.05) is 11.6 Å². The summed E-state index contributed by atoms with van der Waals surface area (Å²) < 4.78 is 2.98. The number of imide groups is 1. The van der Waals surface area contributed by atoms with Crippen molar-refractivity contribution in [3.63, 3.8) is 0 Å². The summed E-state index contributed by atoms with van der Waals surface area (Å²) >= 11 is 1.47. The van der Waals surface area contributed by atoms with Crippen molar-refractivity contribution in [1.82, 2.24) is 4.57 Å². The van der Waals surface area contributed by atoms with Gasteiger partial charge in [-0.3, -0.25) is 19.3 Å². The van der Waals surface area contributed by atoms with Crippen LogP contribution >= 0.6 is 11.3 Å². The topological polar surface area (TPSA) is 71.7 Å². The van der Waals surface area contributed by atoms with E-state index < -0.39 is 5.91 Å². The van der Waals surface area contributed by atoms with Gasteiger partial charge in [0.05, 0.1) is 15.9 Å². The molecule has 0 bridgehead atoms. The average molecular weight is 407 g/mol. The van der Waals surface area contributed by atoms with Crippen molar-refractivity contribution in [2.75, 3.05) is 4.90 Å². The van der Waals surface area contributed by atoms with E-state index in [0.29, 0.717) is 22.0 Å². The highest BCUT2D eigenvalue weighted by atomic mass is 32.1. The van der Waals surface area contributed by atoms with Crippen molar-refractivity contribution in [3.8, 4) is 0 Å². The number of anilines is 1. The van der Waals surface area contributed by atoms with Crippen LogP contribution in [0.4, 0.5) is 5.69 Å². The molecule has 0 aliphatic carbocycles. The number of aromatic nitrogens is 1. The Morgan fingerprint density at radius 1 is 1.07 bits per heavy atom. The Balaban J connectivity index is 1.71. The van der Waals surface area contributed by atoms with Crippen LogP contribution in [0.2, 0.25) is 0 Å². The van der Waals surface area contributed by atoms with Crippen LogP contribution in [0.5, 0.6) is 0 Å². The van der Waals surface area contributed by atoms with Gasteiger partial charge in [-0.2, -0.15) is 4.99 Å². The van der Waals surface area contributed by atoms with E-state index >= 15 is 0 Å². The molecule has 0 atom stereocenters. The summed E-state index contributed by atoms with van der Waals surface area (Å²) in [5.74, 6) is -0.466. The van der Waals surface area contributed by atoms with E-state index in [2.05, 4.69) is 37.0 Å². The fourth-order valence-electron chi connectivity index (χ4n) is 3.41. The zero-order valence-electron chi connectivity index (χ0n) is 16.5. The lowest BCUT2D eigenvalue weighted by molar-refractivity contribution is -0.121. The highest BCUT2D eigenvalue weighted by molar-refractivity contribution is 7.16. The lowest BCUT2D eigenvalue weighted by atomic mass is 10.0. The van der Waals surface area contributed by atoms with E-state index in [1.165, 1.54) is 16.9 Å². The van der Waals surface area contributed by atoms with Crippen molar-refractivity contribution in [1.29, 1.82) is 0 Å². The fourth-order valence-corrected chi connectivity index (χ4v) is 4.48. The summed E-state index contributed by atoms with van der Waals surface area (Å²) in [6.45, 7) is 4.29. The van der Waals surface area contributed by atoms with Crippen LogP contribution < -0.4 is 9.70 Å². The zero-order chi connectivity index (χ0) is 20.7. The fraction of sp³-hybridized carbons (Fsp3) is 0.273. The number of amides is 3. The molecule has 1 aliphatic rings. The molecule has 148 valence electrons. The number of benzene rings is 2. The molecule has 29 heavy (non-hydrogen) atoms. The first-order valence-electron chi connectivity index (χ1n) is 9.49. The molecule has 7 heteroatoms. The molecule has 2 heterocycles. The largest absolute Gasteiger partial charge is 0.319 e. The van der Waals surface area contributed by atoms with E-state index in [-0.39, 0.29) is 24.7 Å². The molecular weight excluding hydrogens is 386 g/mol. The second-order valence-corrected chi connectivity index (χ2v) is 8.42. The van der Waals surface area contributed by atoms with Gasteiger partial charge in [-0.05, 0) is 41.8 Å². The Kier molecular flexibility index (Phi) is 4.92. The number of carbonyl (C=O) groups excluding carboxylic acids is 3. The predicted octanol–water partition coefficient (Wildman–Crippen LogP) is 3.76. The van der Waals surface area contributed by atoms with Crippen molar-refractivity contribution in [2.24, 2.45) is 12.0 Å². The lowest BCUT2D eigenvalue weighted by Crippen LogP contribution is -2.28. The monoisotopic (exact) mass is 407 g/mol. The standard InChI is InChI=1S/C22H21N3O3S/c1-13(2)14-7-8-17-18(12-14)29-22(24(17)3)23-21(28)15-5-4-6-16(11-15)25-19(26)9-10-20(25)27/h4-8,11-13H,9-10H2,1-3H3. The third-order valence-electron chi connectivity index (χ3n) is 5.10. The third-order valence-corrected chi connectivity index (χ3v) is 6.19. The van der Waals surface area contributed by atoms with Gasteiger partial charge in [0, 0.05) is 25.5 Å². The summed E-state index contributed by atoms with van der Waals surface area (Å²) in [6, 6.07) is 12.8. The highest BCUT2D eigenvalue weighted by Crippen LogP contribution is 2.25. The molecule has 1 saturated heterocycles. The van der Waals surface area contributed by atoms with Gasteiger partial charge in [0.1, 0.15) is 0 Å². The molecule has 3 amide bonds. The van der Waals surface area contributed by atoms with Crippen LogP contribution in [0, 0.1) is 0 Å². The van der Waals surface area contributed by atoms with Gasteiger partial charge in [-0.25, -0.2) is 0 Å². The minimum atomic E-state index is -0.405. The van der Waals surface area contributed by atoms with Crippen LogP contribution in [0.3, 0.4) is 0 Å². The quantitative estimate of drug-likeness (QED) is 0.621. The summed E-state index contributed by atoms with van der Waals surface area (Å²) in [5, 5.41) is 0. The first-order chi connectivity index (χ1) is 13.8. The molecule has 1 fully saturated rings. The number of fused-ring (bicyclic) bond motifs is 1. The van der Waals surface area contributed by atoms with Crippen LogP contribution in [-0.2, 0) is 16.6 Å². The molecule has 1 aromatic heterocycles. The van der Waals surface area contributed by atoms with E-state index in [4.69, 9.17) is 0 Å². The van der Waals surface area contributed by atoms with Gasteiger partial charge in [-0.1, -0.05) is 37.3 Å². The van der Waals surface area contributed by atoms with Gasteiger partial charge in [0.15, 0.2) is 4.80 Å². The molecule has 2 aromatic carbocycles. The van der Waals surface area contributed by atoms with Gasteiger partial charge < -0.3 is 4.57 Å². The Morgan fingerprint density at radius 2 is 1.79 bits per heavy atom. The number of aryl methyl sites for hydroxylation is 1. The average Bonchev–Trinajstić information content (AvgIpc) is 3.20. The van der Waals surface area contributed by atoms with Crippen molar-refractivity contribution in [2.45, 2.75) is 32.6 Å². The first kappa shape index (κ1) is 19.3. The van der Waals surface area contributed by atoms with Gasteiger partial charge in [-0.15, -0.1) is 0 Å². The number of nitrogens with zero attached hydrogens (tertiary/aromatic N) is 3. The molecule has 6 nitrogen and oxygen atoms in total. The molecule has 3 aromatic rings. The molecule has 4 rings (SSSR count). The SMILES string of the molecule is CC(C)c1ccc2c(c1)sc(=NC(=O)c1cccc(N3C(=O)CCC3=O)c1)n2C. The van der Waals surface area contributed by atoms with Gasteiger partial charge in [0.2, 0.25) is 11.8 Å². The highest BCUT2D eigenvalue weighted by Gasteiger charge is 2.30. The number of carbonyl (C=O) groups is 3. The Bertz CT molecular complexity index is 1200. The van der Waals surface area contributed by atoms with Crippen molar-refractivity contribution >= 4 is 45.0 Å². The molecule has 0 N–H and O–H groups in total. The van der Waals surface area contributed by atoms with Crippen molar-refractivity contribution in [3.05, 3.63) is 58.4 Å². The molecular formula is C22H21N3O3S. The second kappa shape index (κ2) is 7.40. The molecule has 0 spiro atoms. The Labute approximate surface area is 172 Å². The van der Waals surface area contributed by atoms with Crippen LogP contribution in [-0.4, -0.2) is 22.3 Å². The van der Waals surface area contributed by atoms with Crippen LogP contribution in [0.25, 0.3) is 10.2 Å². The number of thiazole rings is 1. The van der Waals surface area contributed by atoms with E-state index in [1.54, 1.807) is 24.3 Å².